The Morgan fingerprint density at radius 2 is 1.96 bits per heavy atom. The van der Waals surface area contributed by atoms with Crippen molar-refractivity contribution in [2.45, 2.75) is 55.6 Å². The van der Waals surface area contributed by atoms with Crippen molar-refractivity contribution < 1.29 is 30.0 Å². The maximum absolute atomic E-state index is 10.3. The van der Waals surface area contributed by atoms with Crippen molar-refractivity contribution in [3.8, 4) is 0 Å². The molecule has 2 saturated heterocycles. The predicted molar refractivity (Wildman–Crippen MR) is 89.9 cm³/mol. The summed E-state index contributed by atoms with van der Waals surface area (Å²) in [6.45, 7) is -0.416. The number of imidazole rings is 1. The van der Waals surface area contributed by atoms with E-state index >= 15 is 0 Å². The van der Waals surface area contributed by atoms with E-state index in [1.165, 1.54) is 17.2 Å². The number of aliphatic hydroxyl groups is 3. The van der Waals surface area contributed by atoms with Crippen molar-refractivity contribution in [3.63, 3.8) is 0 Å². The number of epoxide rings is 1. The van der Waals surface area contributed by atoms with E-state index in [1.54, 1.807) is 0 Å². The first-order valence-electron chi connectivity index (χ1n) is 9.52. The molecule has 0 aromatic carbocycles. The van der Waals surface area contributed by atoms with Crippen molar-refractivity contribution >= 4 is 11.2 Å². The molecule has 2 aromatic rings. The van der Waals surface area contributed by atoms with Crippen LogP contribution in [0.25, 0.3) is 11.2 Å². The molecule has 7 unspecified atom stereocenters. The molecule has 2 bridgehead atoms. The highest BCUT2D eigenvalue weighted by Gasteiger charge is 2.63. The van der Waals surface area contributed by atoms with Crippen molar-refractivity contribution in [1.29, 1.82) is 0 Å². The van der Waals surface area contributed by atoms with Crippen molar-refractivity contribution in [2.24, 2.45) is 16.8 Å². The first-order valence-corrected chi connectivity index (χ1v) is 9.52. The van der Waals surface area contributed by atoms with Crippen molar-refractivity contribution in [1.82, 2.24) is 19.3 Å². The van der Waals surface area contributed by atoms with Gasteiger partial charge in [0.2, 0.25) is 0 Å². The van der Waals surface area contributed by atoms with Gasteiger partial charge in [0.15, 0.2) is 22.9 Å². The largest absolute Gasteiger partial charge is 0.425 e. The second kappa shape index (κ2) is 5.74. The molecule has 2 aliphatic carbocycles. The van der Waals surface area contributed by atoms with Crippen LogP contribution in [-0.2, 0) is 9.47 Å². The quantitative estimate of drug-likeness (QED) is 0.352. The Morgan fingerprint density at radius 1 is 1.11 bits per heavy atom. The molecule has 150 valence electrons. The van der Waals surface area contributed by atoms with E-state index in [0.29, 0.717) is 40.7 Å². The number of fused-ring (bicyclic) bond motifs is 6. The van der Waals surface area contributed by atoms with E-state index in [0.717, 1.165) is 17.6 Å². The number of ether oxygens (including phenoxy) is 2. The molecular formula is C17H21N5O6. The molecule has 0 amide bonds. The second-order valence-corrected chi connectivity index (χ2v) is 8.12. The van der Waals surface area contributed by atoms with Crippen molar-refractivity contribution in [2.75, 3.05) is 6.61 Å². The summed E-state index contributed by atoms with van der Waals surface area (Å²) in [7, 11) is 0. The van der Waals surface area contributed by atoms with Crippen molar-refractivity contribution in [3.05, 3.63) is 18.1 Å². The highest BCUT2D eigenvalue weighted by molar-refractivity contribution is 5.68. The van der Waals surface area contributed by atoms with Gasteiger partial charge in [0.25, 0.3) is 0 Å². The van der Waals surface area contributed by atoms with Gasteiger partial charge in [0.1, 0.15) is 24.6 Å². The third-order valence-corrected chi connectivity index (χ3v) is 6.63. The molecule has 6 rings (SSSR count). The molecule has 11 nitrogen and oxygen atoms in total. The number of hydrogen-bond donors (Lipinski definition) is 4. The molecule has 4 N–H and O–H groups in total. The Hall–Kier alpha value is -2.05. The molecule has 0 spiro atoms. The third-order valence-electron chi connectivity index (χ3n) is 6.63. The molecule has 2 aliphatic heterocycles. The van der Waals surface area contributed by atoms with Gasteiger partial charge >= 0.3 is 0 Å². The smallest absolute Gasteiger partial charge is 0.195 e. The molecule has 4 fully saturated rings. The van der Waals surface area contributed by atoms with Gasteiger partial charge in [-0.25, -0.2) is 9.97 Å². The third kappa shape index (κ3) is 2.19. The van der Waals surface area contributed by atoms with Crippen LogP contribution in [0.5, 0.6) is 0 Å². The lowest BCUT2D eigenvalue weighted by molar-refractivity contribution is -0.0511. The van der Waals surface area contributed by atoms with E-state index < -0.39 is 31.1 Å². The summed E-state index contributed by atoms with van der Waals surface area (Å²) in [4.78, 5) is 13.3. The summed E-state index contributed by atoms with van der Waals surface area (Å²) in [5.41, 5.74) is 1.03. The summed E-state index contributed by atoms with van der Waals surface area (Å²) < 4.78 is 13.6. The molecule has 2 saturated carbocycles. The maximum Gasteiger partial charge on any atom is 0.195 e. The second-order valence-electron chi connectivity index (χ2n) is 8.12. The normalized spacial score (nSPS) is 44.5. The van der Waals surface area contributed by atoms with Crippen LogP contribution in [0.1, 0.15) is 19.1 Å². The average molecular weight is 391 g/mol. The van der Waals surface area contributed by atoms with E-state index in [-0.39, 0.29) is 6.04 Å². The molecule has 4 aliphatic rings. The Morgan fingerprint density at radius 3 is 2.68 bits per heavy atom. The molecule has 28 heavy (non-hydrogen) atoms. The minimum absolute atomic E-state index is 0.0665. The fourth-order valence-corrected chi connectivity index (χ4v) is 5.20. The molecule has 11 heteroatoms. The van der Waals surface area contributed by atoms with Gasteiger partial charge < -0.3 is 30.0 Å². The first-order chi connectivity index (χ1) is 13.6. The van der Waals surface area contributed by atoms with Gasteiger partial charge in [-0.15, -0.1) is 0 Å². The lowest BCUT2D eigenvalue weighted by atomic mass is 9.96. The Kier molecular flexibility index (Phi) is 3.45. The number of aromatic nitrogens is 4. The lowest BCUT2D eigenvalue weighted by Gasteiger charge is -2.17. The summed E-state index contributed by atoms with van der Waals surface area (Å²) in [6, 6.07) is 0.0665. The predicted octanol–water partition coefficient (Wildman–Crippen LogP) is -1.84. The fraction of sp³-hybridized carbons (Fsp3) is 0.706. The van der Waals surface area contributed by atoms with Gasteiger partial charge in [-0.2, -0.15) is 4.73 Å². The van der Waals surface area contributed by atoms with Gasteiger partial charge in [-0.1, -0.05) is 0 Å². The van der Waals surface area contributed by atoms with Gasteiger partial charge in [0.05, 0.1) is 31.2 Å². The first kappa shape index (κ1) is 16.9. The summed E-state index contributed by atoms with van der Waals surface area (Å²) in [5, 5.41) is 39.9. The number of hydrogen-bond acceptors (Lipinski definition) is 9. The summed E-state index contributed by atoms with van der Waals surface area (Å²) in [6.07, 6.45) is 1.10. The zero-order valence-corrected chi connectivity index (χ0v) is 14.8. The number of aliphatic hydroxyl groups excluding tert-OH is 3. The highest BCUT2D eigenvalue weighted by atomic mass is 16.6. The van der Waals surface area contributed by atoms with E-state index in [1.807, 2.05) is 0 Å². The van der Waals surface area contributed by atoms with Crippen LogP contribution >= 0.6 is 0 Å². The van der Waals surface area contributed by atoms with Gasteiger partial charge in [-0.3, -0.25) is 9.56 Å². The molecule has 0 radical (unpaired) electrons. The zero-order valence-electron chi connectivity index (χ0n) is 14.8. The molecule has 9 atom stereocenters. The van der Waals surface area contributed by atoms with E-state index in [2.05, 4.69) is 9.97 Å². The molecule has 4 heterocycles. The number of rotatable bonds is 3. The van der Waals surface area contributed by atoms with Crippen LogP contribution in [-0.4, -0.2) is 83.0 Å². The standard InChI is InChI=1S/C17H21N5O6/c23-3-9-11(24)12(25)17(27-9)21-4-18-10-15(21)19-5-22(26)16(10)20-8-2-6-1-7(8)14-13(6)28-14/h4-9,11-14,17,23-26H,1-3H2/t6?,7?,8?,9-,11?,12?,13?,14?,17-/m1/s1. The van der Waals surface area contributed by atoms with E-state index in [9.17, 15) is 20.5 Å². The number of nitrogens with zero attached hydrogens (tertiary/aromatic N) is 5. The SMILES string of the molecule is OC[C@H]1O[C@@H](n2cnc3c(=NC4CC5CC4C4OC54)n(O)cnc32)C(O)C1O. The molecular weight excluding hydrogens is 370 g/mol. The van der Waals surface area contributed by atoms with Gasteiger partial charge in [0, 0.05) is 5.92 Å². The average Bonchev–Trinajstić information content (AvgIpc) is 2.97. The monoisotopic (exact) mass is 391 g/mol. The Bertz CT molecular complexity index is 1010. The van der Waals surface area contributed by atoms with Crippen LogP contribution in [0.2, 0.25) is 0 Å². The van der Waals surface area contributed by atoms with Crippen LogP contribution < -0.4 is 5.49 Å². The maximum atomic E-state index is 10.3. The Labute approximate surface area is 158 Å². The molecule has 2 aromatic heterocycles. The zero-order chi connectivity index (χ0) is 19.2. The summed E-state index contributed by atoms with van der Waals surface area (Å²) >= 11 is 0. The van der Waals surface area contributed by atoms with Crippen LogP contribution in [0.4, 0.5) is 0 Å². The van der Waals surface area contributed by atoms with Crippen LogP contribution in [0.3, 0.4) is 0 Å². The van der Waals surface area contributed by atoms with Crippen LogP contribution in [0, 0.1) is 11.8 Å². The van der Waals surface area contributed by atoms with Crippen LogP contribution in [0.15, 0.2) is 17.6 Å². The van der Waals surface area contributed by atoms with E-state index in [4.69, 9.17) is 14.5 Å². The highest BCUT2D eigenvalue weighted by Crippen LogP contribution is 2.57. The topological polar surface area (TPSA) is 151 Å². The Balaban J connectivity index is 1.41. The van der Waals surface area contributed by atoms with Gasteiger partial charge in [-0.05, 0) is 18.8 Å². The minimum Gasteiger partial charge on any atom is -0.425 e. The fourth-order valence-electron chi connectivity index (χ4n) is 5.20. The minimum atomic E-state index is -1.24. The summed E-state index contributed by atoms with van der Waals surface area (Å²) in [5.74, 6) is 0.922. The lowest BCUT2D eigenvalue weighted by Crippen LogP contribution is -2.33.